The highest BCUT2D eigenvalue weighted by molar-refractivity contribution is 5.77. The Kier molecular flexibility index (Phi) is 5.22. The van der Waals surface area contributed by atoms with E-state index in [0.29, 0.717) is 18.9 Å². The maximum atomic E-state index is 11.3. The molecular weight excluding hydrogens is 222 g/mol. The number of aromatic nitrogens is 1. The Balaban J connectivity index is 2.37. The van der Waals surface area contributed by atoms with Crippen LogP contribution in [0.3, 0.4) is 0 Å². The van der Waals surface area contributed by atoms with Crippen molar-refractivity contribution in [2.75, 3.05) is 32.6 Å². The standard InChI is InChI=1S/C11H17N3O3/c1-8-3-4-9(11(12)14-8)17-7-10(15)13-5-6-16-2/h3-4H,5-7H2,1-2H3,(H2,12,14)(H,13,15). The molecule has 1 aromatic rings. The summed E-state index contributed by atoms with van der Waals surface area (Å²) in [7, 11) is 1.57. The maximum Gasteiger partial charge on any atom is 0.258 e. The van der Waals surface area contributed by atoms with Gasteiger partial charge in [-0.05, 0) is 19.1 Å². The molecular formula is C11H17N3O3. The Morgan fingerprint density at radius 2 is 2.29 bits per heavy atom. The maximum absolute atomic E-state index is 11.3. The molecule has 0 spiro atoms. The van der Waals surface area contributed by atoms with Crippen molar-refractivity contribution in [3.8, 4) is 5.75 Å². The zero-order chi connectivity index (χ0) is 12.7. The first-order valence-corrected chi connectivity index (χ1v) is 5.25. The van der Waals surface area contributed by atoms with Gasteiger partial charge in [-0.3, -0.25) is 4.79 Å². The number of aryl methyl sites for hydroxylation is 1. The summed E-state index contributed by atoms with van der Waals surface area (Å²) < 4.78 is 10.0. The molecule has 0 radical (unpaired) electrons. The predicted molar refractivity (Wildman–Crippen MR) is 63.8 cm³/mol. The number of anilines is 1. The molecule has 0 fully saturated rings. The lowest BCUT2D eigenvalue weighted by atomic mass is 10.3. The first kappa shape index (κ1) is 13.2. The molecule has 0 atom stereocenters. The monoisotopic (exact) mass is 239 g/mol. The highest BCUT2D eigenvalue weighted by Crippen LogP contribution is 2.18. The Morgan fingerprint density at radius 3 is 2.94 bits per heavy atom. The lowest BCUT2D eigenvalue weighted by Crippen LogP contribution is -2.31. The molecule has 0 aliphatic heterocycles. The molecule has 0 saturated heterocycles. The van der Waals surface area contributed by atoms with Gasteiger partial charge in [0.15, 0.2) is 18.2 Å². The van der Waals surface area contributed by atoms with Gasteiger partial charge in [0, 0.05) is 19.3 Å². The Hall–Kier alpha value is -1.82. The van der Waals surface area contributed by atoms with Gasteiger partial charge in [0.05, 0.1) is 6.61 Å². The van der Waals surface area contributed by atoms with Gasteiger partial charge < -0.3 is 20.5 Å². The molecule has 1 heterocycles. The molecule has 1 rings (SSSR count). The van der Waals surface area contributed by atoms with E-state index in [9.17, 15) is 4.79 Å². The number of pyridine rings is 1. The van der Waals surface area contributed by atoms with E-state index in [2.05, 4.69) is 10.3 Å². The zero-order valence-corrected chi connectivity index (χ0v) is 10.0. The number of hydrogen-bond acceptors (Lipinski definition) is 5. The molecule has 0 aromatic carbocycles. The molecule has 1 aromatic heterocycles. The van der Waals surface area contributed by atoms with Crippen molar-refractivity contribution in [2.45, 2.75) is 6.92 Å². The van der Waals surface area contributed by atoms with Crippen molar-refractivity contribution < 1.29 is 14.3 Å². The molecule has 0 aliphatic rings. The highest BCUT2D eigenvalue weighted by Gasteiger charge is 2.05. The van der Waals surface area contributed by atoms with Crippen LogP contribution in [0.2, 0.25) is 0 Å². The second kappa shape index (κ2) is 6.70. The molecule has 6 nitrogen and oxygen atoms in total. The van der Waals surface area contributed by atoms with Gasteiger partial charge in [0.1, 0.15) is 0 Å². The third-order valence-electron chi connectivity index (χ3n) is 2.01. The summed E-state index contributed by atoms with van der Waals surface area (Å²) in [5.74, 6) is 0.481. The number of methoxy groups -OCH3 is 1. The van der Waals surface area contributed by atoms with Gasteiger partial charge in [0.2, 0.25) is 0 Å². The van der Waals surface area contributed by atoms with E-state index in [4.69, 9.17) is 15.2 Å². The van der Waals surface area contributed by atoms with Crippen LogP contribution in [0.4, 0.5) is 5.82 Å². The van der Waals surface area contributed by atoms with E-state index in [1.54, 1.807) is 19.2 Å². The number of nitrogen functional groups attached to an aromatic ring is 1. The lowest BCUT2D eigenvalue weighted by molar-refractivity contribution is -0.123. The molecule has 0 saturated carbocycles. The molecule has 0 bridgehead atoms. The van der Waals surface area contributed by atoms with E-state index in [1.165, 1.54) is 0 Å². The average molecular weight is 239 g/mol. The zero-order valence-electron chi connectivity index (χ0n) is 10.0. The summed E-state index contributed by atoms with van der Waals surface area (Å²) in [4.78, 5) is 15.3. The normalized spacial score (nSPS) is 10.0. The second-order valence-corrected chi connectivity index (χ2v) is 3.47. The Bertz CT molecular complexity index is 382. The fraction of sp³-hybridized carbons (Fsp3) is 0.455. The van der Waals surface area contributed by atoms with Crippen LogP contribution in [0.15, 0.2) is 12.1 Å². The molecule has 6 heteroatoms. The number of carbonyl (C=O) groups excluding carboxylic acids is 1. The summed E-state index contributed by atoms with van der Waals surface area (Å²) in [6, 6.07) is 3.47. The first-order valence-electron chi connectivity index (χ1n) is 5.25. The average Bonchev–Trinajstić information content (AvgIpc) is 2.28. The van der Waals surface area contributed by atoms with Crippen LogP contribution in [0.25, 0.3) is 0 Å². The Labute approximate surface area is 100 Å². The van der Waals surface area contributed by atoms with E-state index in [-0.39, 0.29) is 18.3 Å². The summed E-state index contributed by atoms with van der Waals surface area (Å²) in [6.45, 7) is 2.68. The fourth-order valence-corrected chi connectivity index (χ4v) is 1.17. The van der Waals surface area contributed by atoms with Gasteiger partial charge in [-0.25, -0.2) is 4.98 Å². The summed E-state index contributed by atoms with van der Waals surface area (Å²) in [5.41, 5.74) is 6.45. The highest BCUT2D eigenvalue weighted by atomic mass is 16.5. The molecule has 3 N–H and O–H groups in total. The van der Waals surface area contributed by atoms with Crippen LogP contribution >= 0.6 is 0 Å². The van der Waals surface area contributed by atoms with Crippen molar-refractivity contribution in [2.24, 2.45) is 0 Å². The third kappa shape index (κ3) is 4.69. The second-order valence-electron chi connectivity index (χ2n) is 3.47. The van der Waals surface area contributed by atoms with Gasteiger partial charge in [0.25, 0.3) is 5.91 Å². The molecule has 17 heavy (non-hydrogen) atoms. The lowest BCUT2D eigenvalue weighted by Gasteiger charge is -2.08. The van der Waals surface area contributed by atoms with Crippen molar-refractivity contribution in [3.05, 3.63) is 17.8 Å². The fourth-order valence-electron chi connectivity index (χ4n) is 1.17. The minimum Gasteiger partial charge on any atom is -0.480 e. The largest absolute Gasteiger partial charge is 0.480 e. The predicted octanol–water partition coefficient (Wildman–Crippen LogP) is 0.114. The molecule has 1 amide bonds. The summed E-state index contributed by atoms with van der Waals surface area (Å²) in [5, 5.41) is 2.63. The van der Waals surface area contributed by atoms with Gasteiger partial charge >= 0.3 is 0 Å². The number of rotatable bonds is 6. The van der Waals surface area contributed by atoms with E-state index in [1.807, 2.05) is 6.92 Å². The number of carbonyl (C=O) groups is 1. The van der Waals surface area contributed by atoms with E-state index in [0.717, 1.165) is 5.69 Å². The van der Waals surface area contributed by atoms with Crippen molar-refractivity contribution in [3.63, 3.8) is 0 Å². The minimum absolute atomic E-state index is 0.0847. The number of nitrogens with zero attached hydrogens (tertiary/aromatic N) is 1. The number of ether oxygens (including phenoxy) is 2. The molecule has 94 valence electrons. The van der Waals surface area contributed by atoms with E-state index >= 15 is 0 Å². The van der Waals surface area contributed by atoms with Crippen LogP contribution in [0.5, 0.6) is 5.75 Å². The third-order valence-corrected chi connectivity index (χ3v) is 2.01. The SMILES string of the molecule is COCCNC(=O)COc1ccc(C)nc1N. The van der Waals surface area contributed by atoms with Crippen molar-refractivity contribution in [1.82, 2.24) is 10.3 Å². The van der Waals surface area contributed by atoms with Gasteiger partial charge in [-0.15, -0.1) is 0 Å². The quantitative estimate of drug-likeness (QED) is 0.688. The van der Waals surface area contributed by atoms with Crippen molar-refractivity contribution in [1.29, 1.82) is 0 Å². The number of nitrogens with one attached hydrogen (secondary N) is 1. The number of nitrogens with two attached hydrogens (primary N) is 1. The first-order chi connectivity index (χ1) is 8.13. The van der Waals surface area contributed by atoms with Crippen LogP contribution in [-0.4, -0.2) is 37.8 Å². The topological polar surface area (TPSA) is 86.5 Å². The van der Waals surface area contributed by atoms with Crippen LogP contribution in [-0.2, 0) is 9.53 Å². The summed E-state index contributed by atoms with van der Waals surface area (Å²) in [6.07, 6.45) is 0. The Morgan fingerprint density at radius 1 is 1.53 bits per heavy atom. The number of hydrogen-bond donors (Lipinski definition) is 2. The molecule has 0 aliphatic carbocycles. The smallest absolute Gasteiger partial charge is 0.258 e. The van der Waals surface area contributed by atoms with Gasteiger partial charge in [-0.2, -0.15) is 0 Å². The van der Waals surface area contributed by atoms with Gasteiger partial charge in [-0.1, -0.05) is 0 Å². The van der Waals surface area contributed by atoms with Crippen LogP contribution in [0, 0.1) is 6.92 Å². The number of amides is 1. The minimum atomic E-state index is -0.220. The van der Waals surface area contributed by atoms with Crippen LogP contribution in [0.1, 0.15) is 5.69 Å². The van der Waals surface area contributed by atoms with Crippen molar-refractivity contribution >= 4 is 11.7 Å². The van der Waals surface area contributed by atoms with Crippen LogP contribution < -0.4 is 15.8 Å². The molecule has 0 unspecified atom stereocenters. The summed E-state index contributed by atoms with van der Waals surface area (Å²) >= 11 is 0. The van der Waals surface area contributed by atoms with E-state index < -0.39 is 0 Å².